The number of rotatable bonds is 6. The van der Waals surface area contributed by atoms with E-state index in [-0.39, 0.29) is 22.5 Å². The third-order valence-corrected chi connectivity index (χ3v) is 3.18. The van der Waals surface area contributed by atoms with Crippen molar-refractivity contribution < 1.29 is 24.0 Å². The Balaban J connectivity index is 2.03. The van der Waals surface area contributed by atoms with Crippen molar-refractivity contribution in [2.75, 3.05) is 19.5 Å². The number of anilines is 1. The molecule has 0 spiro atoms. The Bertz CT molecular complexity index is 803. The molecule has 124 valence electrons. The molecular formula is C16H14N2O6. The number of Topliss-reactive ketones (excluding diaryl/α,β-unsaturated/α-hetero) is 1. The van der Waals surface area contributed by atoms with Crippen LogP contribution in [0.3, 0.4) is 0 Å². The number of nitrogens with zero attached hydrogens (tertiary/aromatic N) is 1. The lowest BCUT2D eigenvalue weighted by Crippen LogP contribution is -2.14. The molecule has 0 aromatic heterocycles. The van der Waals surface area contributed by atoms with Gasteiger partial charge in [-0.3, -0.25) is 14.9 Å². The summed E-state index contributed by atoms with van der Waals surface area (Å²) in [4.78, 5) is 34.0. The number of ether oxygens (including phenoxy) is 2. The van der Waals surface area contributed by atoms with Crippen LogP contribution in [0.5, 0.6) is 5.75 Å². The van der Waals surface area contributed by atoms with Crippen LogP contribution < -0.4 is 10.5 Å². The molecule has 2 aromatic rings. The molecule has 0 bridgehead atoms. The molecule has 0 aliphatic heterocycles. The highest BCUT2D eigenvalue weighted by Crippen LogP contribution is 2.22. The number of hydrogen-bond acceptors (Lipinski definition) is 7. The van der Waals surface area contributed by atoms with Gasteiger partial charge in [0.1, 0.15) is 5.75 Å². The molecule has 24 heavy (non-hydrogen) atoms. The zero-order chi connectivity index (χ0) is 17.7. The molecular weight excluding hydrogens is 316 g/mol. The SMILES string of the molecule is COc1ccc(C(=O)OCC(=O)c2cccc([N+](=O)[O-])c2)cc1N. The van der Waals surface area contributed by atoms with Gasteiger partial charge in [-0.15, -0.1) is 0 Å². The average Bonchev–Trinajstić information content (AvgIpc) is 2.59. The smallest absolute Gasteiger partial charge is 0.338 e. The number of non-ortho nitro benzene ring substituents is 1. The zero-order valence-corrected chi connectivity index (χ0v) is 12.7. The maximum absolute atomic E-state index is 12.0. The van der Waals surface area contributed by atoms with E-state index in [4.69, 9.17) is 15.2 Å². The Labute approximate surface area is 136 Å². The quantitative estimate of drug-likeness (QED) is 0.283. The third kappa shape index (κ3) is 3.86. The van der Waals surface area contributed by atoms with E-state index in [1.54, 1.807) is 0 Å². The van der Waals surface area contributed by atoms with Crippen molar-refractivity contribution in [2.45, 2.75) is 0 Å². The monoisotopic (exact) mass is 330 g/mol. The van der Waals surface area contributed by atoms with Crippen LogP contribution in [-0.2, 0) is 4.74 Å². The van der Waals surface area contributed by atoms with Crippen LogP contribution in [0.15, 0.2) is 42.5 Å². The second-order valence-electron chi connectivity index (χ2n) is 4.76. The van der Waals surface area contributed by atoms with Crippen LogP contribution in [0, 0.1) is 10.1 Å². The van der Waals surface area contributed by atoms with E-state index in [9.17, 15) is 19.7 Å². The lowest BCUT2D eigenvalue weighted by molar-refractivity contribution is -0.384. The standard InChI is InChI=1S/C16H14N2O6/c1-23-15-6-5-11(8-13(15)17)16(20)24-9-14(19)10-3-2-4-12(7-10)18(21)22/h2-8H,9,17H2,1H3. The van der Waals surface area contributed by atoms with Crippen molar-refractivity contribution in [3.05, 3.63) is 63.7 Å². The van der Waals surface area contributed by atoms with E-state index in [0.717, 1.165) is 6.07 Å². The summed E-state index contributed by atoms with van der Waals surface area (Å²) in [6.45, 7) is -0.536. The largest absolute Gasteiger partial charge is 0.495 e. The van der Waals surface area contributed by atoms with Gasteiger partial charge < -0.3 is 15.2 Å². The Morgan fingerprint density at radius 1 is 1.17 bits per heavy atom. The van der Waals surface area contributed by atoms with Crippen LogP contribution in [0.1, 0.15) is 20.7 Å². The summed E-state index contributed by atoms with van der Waals surface area (Å²) in [5.74, 6) is -0.865. The predicted octanol–water partition coefficient (Wildman–Crippen LogP) is 2.23. The van der Waals surface area contributed by atoms with E-state index in [2.05, 4.69) is 0 Å². The Hall–Kier alpha value is -3.42. The molecule has 0 atom stereocenters. The van der Waals surface area contributed by atoms with Crippen molar-refractivity contribution in [2.24, 2.45) is 0 Å². The third-order valence-electron chi connectivity index (χ3n) is 3.18. The van der Waals surface area contributed by atoms with Crippen LogP contribution >= 0.6 is 0 Å². The summed E-state index contributed by atoms with van der Waals surface area (Å²) in [7, 11) is 1.45. The minimum absolute atomic E-state index is 0.0891. The van der Waals surface area contributed by atoms with Crippen LogP contribution in [0.4, 0.5) is 11.4 Å². The molecule has 0 aliphatic carbocycles. The van der Waals surface area contributed by atoms with Crippen molar-refractivity contribution in [3.8, 4) is 5.75 Å². The van der Waals surface area contributed by atoms with Gasteiger partial charge in [0.15, 0.2) is 6.61 Å². The molecule has 0 fully saturated rings. The number of nitrogens with two attached hydrogens (primary N) is 1. The molecule has 8 nitrogen and oxygen atoms in total. The molecule has 2 rings (SSSR count). The number of methoxy groups -OCH3 is 1. The van der Waals surface area contributed by atoms with Crippen molar-refractivity contribution in [1.29, 1.82) is 0 Å². The maximum Gasteiger partial charge on any atom is 0.338 e. The first-order valence-corrected chi connectivity index (χ1v) is 6.80. The molecule has 0 saturated heterocycles. The van der Waals surface area contributed by atoms with E-state index < -0.39 is 23.3 Å². The van der Waals surface area contributed by atoms with E-state index in [1.807, 2.05) is 0 Å². The number of nitrogen functional groups attached to an aromatic ring is 1. The first-order valence-electron chi connectivity index (χ1n) is 6.80. The van der Waals surface area contributed by atoms with Crippen molar-refractivity contribution in [1.82, 2.24) is 0 Å². The highest BCUT2D eigenvalue weighted by atomic mass is 16.6. The zero-order valence-electron chi connectivity index (χ0n) is 12.7. The Morgan fingerprint density at radius 3 is 2.54 bits per heavy atom. The van der Waals surface area contributed by atoms with E-state index in [1.165, 1.54) is 43.5 Å². The second kappa shape index (κ2) is 7.23. The van der Waals surface area contributed by atoms with Gasteiger partial charge in [0.2, 0.25) is 5.78 Å². The van der Waals surface area contributed by atoms with Gasteiger partial charge in [0.05, 0.1) is 23.3 Å². The van der Waals surface area contributed by atoms with Gasteiger partial charge in [-0.1, -0.05) is 12.1 Å². The normalized spacial score (nSPS) is 10.0. The molecule has 0 radical (unpaired) electrons. The number of carbonyl (C=O) groups excluding carboxylic acids is 2. The summed E-state index contributed by atoms with van der Waals surface area (Å²) >= 11 is 0. The van der Waals surface area contributed by atoms with Crippen molar-refractivity contribution in [3.63, 3.8) is 0 Å². The number of nitro groups is 1. The fraction of sp³-hybridized carbons (Fsp3) is 0.125. The summed E-state index contributed by atoms with van der Waals surface area (Å²) in [5.41, 5.74) is 6.00. The lowest BCUT2D eigenvalue weighted by Gasteiger charge is -2.07. The van der Waals surface area contributed by atoms with Gasteiger partial charge in [0.25, 0.3) is 5.69 Å². The Kier molecular flexibility index (Phi) is 5.10. The fourth-order valence-electron chi connectivity index (χ4n) is 1.95. The first-order chi connectivity index (χ1) is 11.4. The van der Waals surface area contributed by atoms with Gasteiger partial charge in [-0.05, 0) is 18.2 Å². The summed E-state index contributed by atoms with van der Waals surface area (Å²) in [6, 6.07) is 9.53. The number of nitro benzene ring substituents is 1. The van der Waals surface area contributed by atoms with Crippen LogP contribution in [-0.4, -0.2) is 30.4 Å². The second-order valence-corrected chi connectivity index (χ2v) is 4.76. The number of ketones is 1. The highest BCUT2D eigenvalue weighted by molar-refractivity contribution is 6.00. The minimum atomic E-state index is -0.733. The minimum Gasteiger partial charge on any atom is -0.495 e. The van der Waals surface area contributed by atoms with Gasteiger partial charge in [-0.25, -0.2) is 4.79 Å². The number of hydrogen-bond donors (Lipinski definition) is 1. The molecule has 2 aromatic carbocycles. The summed E-state index contributed by atoms with van der Waals surface area (Å²) in [6.07, 6.45) is 0. The maximum atomic E-state index is 12.0. The lowest BCUT2D eigenvalue weighted by atomic mass is 10.1. The Morgan fingerprint density at radius 2 is 1.92 bits per heavy atom. The van der Waals surface area contributed by atoms with E-state index >= 15 is 0 Å². The fourth-order valence-corrected chi connectivity index (χ4v) is 1.95. The van der Waals surface area contributed by atoms with E-state index in [0.29, 0.717) is 5.75 Å². The summed E-state index contributed by atoms with van der Waals surface area (Å²) in [5, 5.41) is 10.7. The van der Waals surface area contributed by atoms with Gasteiger partial charge >= 0.3 is 5.97 Å². The number of benzene rings is 2. The van der Waals surface area contributed by atoms with Gasteiger partial charge in [-0.2, -0.15) is 0 Å². The van der Waals surface area contributed by atoms with Crippen molar-refractivity contribution >= 4 is 23.1 Å². The topological polar surface area (TPSA) is 122 Å². The molecule has 8 heteroatoms. The first kappa shape index (κ1) is 16.9. The molecule has 2 N–H and O–H groups in total. The predicted molar refractivity (Wildman–Crippen MR) is 85.1 cm³/mol. The molecule has 0 amide bonds. The summed E-state index contributed by atoms with van der Waals surface area (Å²) < 4.78 is 9.90. The molecule has 0 unspecified atom stereocenters. The molecule has 0 aliphatic rings. The molecule has 0 saturated carbocycles. The van der Waals surface area contributed by atoms with Crippen LogP contribution in [0.25, 0.3) is 0 Å². The van der Waals surface area contributed by atoms with Crippen LogP contribution in [0.2, 0.25) is 0 Å². The molecule has 0 heterocycles. The number of esters is 1. The van der Waals surface area contributed by atoms with Gasteiger partial charge in [0, 0.05) is 17.7 Å². The number of carbonyl (C=O) groups is 2. The highest BCUT2D eigenvalue weighted by Gasteiger charge is 2.15. The average molecular weight is 330 g/mol.